The summed E-state index contributed by atoms with van der Waals surface area (Å²) in [6, 6.07) is 1.44. The molecule has 5 rings (SSSR count). The van der Waals surface area contributed by atoms with E-state index in [4.69, 9.17) is 0 Å². The van der Waals surface area contributed by atoms with Crippen molar-refractivity contribution in [3.05, 3.63) is 33.0 Å². The van der Waals surface area contributed by atoms with Crippen molar-refractivity contribution in [2.24, 2.45) is 21.9 Å². The van der Waals surface area contributed by atoms with Gasteiger partial charge in [0.15, 0.2) is 16.1 Å². The molecule has 1 unspecified atom stereocenters. The maximum absolute atomic E-state index is 13.0. The molecule has 4 aliphatic rings. The fourth-order valence-electron chi connectivity index (χ4n) is 6.84. The molecule has 168 valence electrons. The van der Waals surface area contributed by atoms with Gasteiger partial charge in [0.2, 0.25) is 0 Å². The van der Waals surface area contributed by atoms with E-state index in [1.807, 2.05) is 13.8 Å². The molecule has 4 aliphatic carbocycles. The summed E-state index contributed by atoms with van der Waals surface area (Å²) in [5, 5.41) is 15.8. The fraction of sp³-hybridized carbons (Fsp3) is 0.652. The van der Waals surface area contributed by atoms with Crippen LogP contribution in [0.1, 0.15) is 68.2 Å². The van der Waals surface area contributed by atoms with E-state index in [-0.39, 0.29) is 68.5 Å². The summed E-state index contributed by atoms with van der Waals surface area (Å²) >= 11 is 0. The molecule has 0 spiro atoms. The first kappa shape index (κ1) is 24.7. The number of nitrogens with one attached hydrogen (secondary N) is 1. The van der Waals surface area contributed by atoms with Crippen molar-refractivity contribution in [3.8, 4) is 0 Å². The Kier molecular flexibility index (Phi) is 6.66. The zero-order valence-electron chi connectivity index (χ0n) is 19.2. The number of benzene rings is 1. The first-order chi connectivity index (χ1) is 14.7. The number of sulfonamides is 1. The molecule has 9 heteroatoms. The largest absolute Gasteiger partial charge is 1.00 e. The summed E-state index contributed by atoms with van der Waals surface area (Å²) in [5.74, 6) is -0.00154. The van der Waals surface area contributed by atoms with Crippen LogP contribution in [0, 0.1) is 16.7 Å². The fourth-order valence-corrected chi connectivity index (χ4v) is 8.51. The Morgan fingerprint density at radius 3 is 2.38 bits per heavy atom. The monoisotopic (exact) mass is 483 g/mol. The predicted molar refractivity (Wildman–Crippen MR) is 119 cm³/mol. The maximum atomic E-state index is 13.0. The van der Waals surface area contributed by atoms with E-state index in [0.29, 0.717) is 18.6 Å². The van der Waals surface area contributed by atoms with E-state index in [9.17, 15) is 18.4 Å². The SMILES string of the molecule is CC1(C)C2CC[C@@]1(CS(=O)(=O)[N-]C(=O)Nc1c3c(cc4c1CCC4)CCC3)/C(=N/O)C2.[K+]. The van der Waals surface area contributed by atoms with Crippen molar-refractivity contribution in [1.82, 2.24) is 0 Å². The van der Waals surface area contributed by atoms with E-state index >= 15 is 0 Å². The van der Waals surface area contributed by atoms with E-state index in [0.717, 1.165) is 61.8 Å². The van der Waals surface area contributed by atoms with E-state index < -0.39 is 21.5 Å². The average Bonchev–Trinajstić information content (AvgIpc) is 3.43. The molecule has 32 heavy (non-hydrogen) atoms. The number of rotatable bonds is 4. The Hall–Kier alpha value is -0.454. The maximum Gasteiger partial charge on any atom is 1.00 e. The predicted octanol–water partition coefficient (Wildman–Crippen LogP) is 1.56. The number of nitrogens with zero attached hydrogens (tertiary/aromatic N) is 2. The molecule has 2 atom stereocenters. The molecule has 0 radical (unpaired) electrons. The van der Waals surface area contributed by atoms with E-state index in [2.05, 4.69) is 21.3 Å². The molecule has 2 saturated carbocycles. The van der Waals surface area contributed by atoms with Gasteiger partial charge in [0.05, 0.1) is 11.5 Å². The van der Waals surface area contributed by atoms with E-state index in [1.165, 1.54) is 11.1 Å². The Balaban J connectivity index is 0.00000245. The number of oxime groups is 1. The molecule has 0 saturated heterocycles. The molecule has 0 aromatic heterocycles. The Morgan fingerprint density at radius 1 is 1.19 bits per heavy atom. The van der Waals surface area contributed by atoms with Gasteiger partial charge >= 0.3 is 51.4 Å². The van der Waals surface area contributed by atoms with Crippen molar-refractivity contribution in [2.45, 2.75) is 71.6 Å². The van der Waals surface area contributed by atoms with Crippen LogP contribution in [0.15, 0.2) is 11.2 Å². The van der Waals surface area contributed by atoms with Gasteiger partial charge in [-0.2, -0.15) is 0 Å². The normalized spacial score (nSPS) is 28.3. The molecule has 2 N–H and O–H groups in total. The number of carbonyl (C=O) groups is 1. The van der Waals surface area contributed by atoms with Gasteiger partial charge in [-0.3, -0.25) is 4.79 Å². The first-order valence-electron chi connectivity index (χ1n) is 11.3. The molecule has 0 aliphatic heterocycles. The quantitative estimate of drug-likeness (QED) is 0.385. The van der Waals surface area contributed by atoms with Gasteiger partial charge < -0.3 is 15.2 Å². The zero-order chi connectivity index (χ0) is 22.0. The Bertz CT molecular complexity index is 1070. The molecule has 1 aromatic rings. The van der Waals surface area contributed by atoms with Gasteiger partial charge in [-0.15, -0.1) is 0 Å². The minimum Gasteiger partial charge on any atom is -0.423 e. The van der Waals surface area contributed by atoms with Crippen LogP contribution in [0.5, 0.6) is 0 Å². The molecule has 0 heterocycles. The molecular weight excluding hydrogens is 453 g/mol. The van der Waals surface area contributed by atoms with Crippen LogP contribution in [0.25, 0.3) is 4.72 Å². The van der Waals surface area contributed by atoms with Crippen LogP contribution in [0.4, 0.5) is 10.5 Å². The summed E-state index contributed by atoms with van der Waals surface area (Å²) in [6.45, 7) is 4.07. The Labute approximate surface area is 232 Å². The summed E-state index contributed by atoms with van der Waals surface area (Å²) in [6.07, 6.45) is 8.06. The van der Waals surface area contributed by atoms with Crippen molar-refractivity contribution >= 4 is 27.5 Å². The molecule has 7 nitrogen and oxygen atoms in total. The third kappa shape index (κ3) is 3.81. The van der Waals surface area contributed by atoms with Gasteiger partial charge in [-0.1, -0.05) is 25.1 Å². The topological polar surface area (TPSA) is 110 Å². The minimum atomic E-state index is -4.05. The summed E-state index contributed by atoms with van der Waals surface area (Å²) in [7, 11) is -4.05. The van der Waals surface area contributed by atoms with Crippen molar-refractivity contribution < 1.29 is 69.8 Å². The number of urea groups is 1. The molecular formula is C23H30KN3O4S. The smallest absolute Gasteiger partial charge is 0.423 e. The second-order valence-corrected chi connectivity index (χ2v) is 11.9. The summed E-state index contributed by atoms with van der Waals surface area (Å²) in [5.41, 5.74) is 5.09. The number of hydrogen-bond donors (Lipinski definition) is 2. The molecule has 1 aromatic carbocycles. The average molecular weight is 484 g/mol. The van der Waals surface area contributed by atoms with Gasteiger partial charge in [-0.05, 0) is 97.1 Å². The number of aryl methyl sites for hydroxylation is 2. The number of fused-ring (bicyclic) bond motifs is 4. The minimum absolute atomic E-state index is 0. The number of anilines is 1. The van der Waals surface area contributed by atoms with Crippen LogP contribution in [0.3, 0.4) is 0 Å². The van der Waals surface area contributed by atoms with Crippen LogP contribution in [-0.4, -0.2) is 31.1 Å². The third-order valence-corrected chi connectivity index (χ3v) is 9.94. The number of hydrogen-bond acceptors (Lipinski definition) is 5. The van der Waals surface area contributed by atoms with Gasteiger partial charge in [-0.25, -0.2) is 8.42 Å². The van der Waals surface area contributed by atoms with Gasteiger partial charge in [0.1, 0.15) is 0 Å². The van der Waals surface area contributed by atoms with Crippen molar-refractivity contribution in [1.29, 1.82) is 0 Å². The second-order valence-electron chi connectivity index (χ2n) is 10.3. The van der Waals surface area contributed by atoms with Crippen LogP contribution in [0.2, 0.25) is 0 Å². The van der Waals surface area contributed by atoms with E-state index in [1.54, 1.807) is 0 Å². The van der Waals surface area contributed by atoms with Crippen molar-refractivity contribution in [3.63, 3.8) is 0 Å². The summed E-state index contributed by atoms with van der Waals surface area (Å²) in [4.78, 5) is 12.8. The standard InChI is InChI=1S/C23H31N3O4S.K/c1-22(2)16-9-10-23(22,19(12-16)25-28)13-31(29,30)26-21(27)24-20-17-7-3-5-14(17)11-15-6-4-8-18(15)20;/h11,16H,3-10,12-13H2,1-2H3,(H3,24,26,27,28);/q;+1/p-1/b25-19+;/t16?,23-;/m1./s1. The molecule has 2 fully saturated rings. The molecule has 2 amide bonds. The second kappa shape index (κ2) is 8.64. The van der Waals surface area contributed by atoms with Crippen LogP contribution in [-0.2, 0) is 35.7 Å². The number of carbonyl (C=O) groups excluding carboxylic acids is 1. The van der Waals surface area contributed by atoms with Gasteiger partial charge in [0.25, 0.3) is 0 Å². The zero-order valence-corrected chi connectivity index (χ0v) is 23.1. The van der Waals surface area contributed by atoms with Crippen LogP contribution >= 0.6 is 0 Å². The number of amides is 2. The summed E-state index contributed by atoms with van der Waals surface area (Å²) < 4.78 is 29.7. The first-order valence-corrected chi connectivity index (χ1v) is 12.9. The van der Waals surface area contributed by atoms with Gasteiger partial charge in [0, 0.05) is 5.41 Å². The Morgan fingerprint density at radius 2 is 1.81 bits per heavy atom. The van der Waals surface area contributed by atoms with Crippen molar-refractivity contribution in [2.75, 3.05) is 11.1 Å². The van der Waals surface area contributed by atoms with Crippen LogP contribution < -0.4 is 56.7 Å². The third-order valence-electron chi connectivity index (χ3n) is 8.64. The molecule has 2 bridgehead atoms.